The van der Waals surface area contributed by atoms with Gasteiger partial charge in [-0.3, -0.25) is 0 Å². The van der Waals surface area contributed by atoms with Crippen LogP contribution in [0.4, 0.5) is 13.2 Å². The Morgan fingerprint density at radius 3 is 1.95 bits per heavy atom. The zero-order chi connectivity index (χ0) is 30.4. The molecule has 4 heteroatoms. The summed E-state index contributed by atoms with van der Waals surface area (Å²) in [4.78, 5) is 0. The fourth-order valence-corrected chi connectivity index (χ4v) is 6.16. The molecule has 0 saturated carbocycles. The van der Waals surface area contributed by atoms with Crippen LogP contribution in [0.3, 0.4) is 0 Å². The van der Waals surface area contributed by atoms with E-state index in [1.54, 1.807) is 24.3 Å². The van der Waals surface area contributed by atoms with E-state index in [0.29, 0.717) is 17.7 Å². The number of unbranched alkanes of at least 4 members (excludes halogenated alkanes) is 9. The van der Waals surface area contributed by atoms with Gasteiger partial charge in [0.15, 0.2) is 11.6 Å². The van der Waals surface area contributed by atoms with Gasteiger partial charge in [-0.1, -0.05) is 127 Å². The van der Waals surface area contributed by atoms with Gasteiger partial charge in [0.25, 0.3) is 0 Å². The molecule has 3 aromatic rings. The van der Waals surface area contributed by atoms with Crippen LogP contribution in [0.25, 0.3) is 27.8 Å². The van der Waals surface area contributed by atoms with Crippen LogP contribution in [-0.2, 0) is 0 Å². The summed E-state index contributed by atoms with van der Waals surface area (Å²) >= 11 is 0. The molecule has 0 aromatic heterocycles. The fourth-order valence-electron chi connectivity index (χ4n) is 6.16. The van der Waals surface area contributed by atoms with Crippen LogP contribution in [0.15, 0.2) is 60.7 Å². The summed E-state index contributed by atoms with van der Waals surface area (Å²) in [6, 6.07) is 15.6. The molecule has 3 aromatic carbocycles. The van der Waals surface area contributed by atoms with E-state index in [1.165, 1.54) is 63.9 Å². The van der Waals surface area contributed by atoms with Gasteiger partial charge in [0, 0.05) is 11.1 Å². The highest BCUT2D eigenvalue weighted by molar-refractivity contribution is 5.74. The molecule has 0 radical (unpaired) electrons. The zero-order valence-electron chi connectivity index (χ0n) is 26.2. The van der Waals surface area contributed by atoms with Crippen LogP contribution in [0, 0.1) is 23.4 Å². The van der Waals surface area contributed by atoms with E-state index in [-0.39, 0.29) is 17.1 Å². The number of allylic oxidation sites excluding steroid dienone is 2. The summed E-state index contributed by atoms with van der Waals surface area (Å²) in [6.07, 6.45) is 19.8. The summed E-state index contributed by atoms with van der Waals surface area (Å²) in [7, 11) is 0. The zero-order valence-corrected chi connectivity index (χ0v) is 26.2. The SMILES string of the molecule is CCCCCCCCOc1ccc(-c2ccc(-c3ccc(C4=CCC(CCCCCCC)CC4)c(F)c3)cc2)c(F)c1F. The van der Waals surface area contributed by atoms with Crippen molar-refractivity contribution in [2.75, 3.05) is 6.61 Å². The van der Waals surface area contributed by atoms with E-state index in [9.17, 15) is 8.78 Å². The molecule has 232 valence electrons. The summed E-state index contributed by atoms with van der Waals surface area (Å²) in [6.45, 7) is 4.80. The quantitative estimate of drug-likeness (QED) is 0.142. The average molecular weight is 591 g/mol. The van der Waals surface area contributed by atoms with E-state index in [4.69, 9.17) is 4.74 Å². The molecule has 1 aliphatic carbocycles. The van der Waals surface area contributed by atoms with Crippen molar-refractivity contribution in [1.82, 2.24) is 0 Å². The van der Waals surface area contributed by atoms with Gasteiger partial charge < -0.3 is 4.74 Å². The van der Waals surface area contributed by atoms with Gasteiger partial charge in [-0.15, -0.1) is 0 Å². The van der Waals surface area contributed by atoms with Crippen LogP contribution >= 0.6 is 0 Å². The van der Waals surface area contributed by atoms with Crippen molar-refractivity contribution in [2.45, 2.75) is 110 Å². The maximum Gasteiger partial charge on any atom is 0.201 e. The Labute approximate surface area is 257 Å². The smallest absolute Gasteiger partial charge is 0.201 e. The maximum absolute atomic E-state index is 15.3. The molecule has 0 fully saturated rings. The third kappa shape index (κ3) is 9.49. The first kappa shape index (κ1) is 32.9. The Kier molecular flexibility index (Phi) is 13.3. The molecule has 0 bridgehead atoms. The molecule has 4 rings (SSSR count). The molecule has 0 spiro atoms. The maximum atomic E-state index is 15.3. The van der Waals surface area contributed by atoms with Gasteiger partial charge >= 0.3 is 0 Å². The number of hydrogen-bond acceptors (Lipinski definition) is 1. The van der Waals surface area contributed by atoms with E-state index in [0.717, 1.165) is 61.1 Å². The third-order valence-corrected chi connectivity index (χ3v) is 8.88. The third-order valence-electron chi connectivity index (χ3n) is 8.88. The minimum atomic E-state index is -0.958. The minimum Gasteiger partial charge on any atom is -0.490 e. The van der Waals surface area contributed by atoms with Crippen molar-refractivity contribution < 1.29 is 17.9 Å². The molecule has 43 heavy (non-hydrogen) atoms. The molecule has 1 unspecified atom stereocenters. The second-order valence-corrected chi connectivity index (χ2v) is 12.2. The number of rotatable bonds is 17. The topological polar surface area (TPSA) is 9.23 Å². The lowest BCUT2D eigenvalue weighted by atomic mass is 9.83. The van der Waals surface area contributed by atoms with Crippen molar-refractivity contribution >= 4 is 5.57 Å². The standard InChI is InChI=1S/C39H49F3O/c1-3-5-7-9-11-13-27-43-37-26-25-35(38(41)39(37)42)32-21-19-30(20-22-32)33-23-24-34(36(40)28-33)31-17-15-29(16-18-31)14-12-10-8-6-4-2/h17,19-26,28-29H,3-16,18,27H2,1-2H3. The second-order valence-electron chi connectivity index (χ2n) is 12.2. The Balaban J connectivity index is 1.34. The van der Waals surface area contributed by atoms with Crippen LogP contribution in [-0.4, -0.2) is 6.61 Å². The Morgan fingerprint density at radius 2 is 1.28 bits per heavy atom. The number of ether oxygens (including phenoxy) is 1. The largest absolute Gasteiger partial charge is 0.490 e. The van der Waals surface area contributed by atoms with Crippen LogP contribution < -0.4 is 4.74 Å². The lowest BCUT2D eigenvalue weighted by Crippen LogP contribution is -2.06. The molecular weight excluding hydrogens is 541 g/mol. The lowest BCUT2D eigenvalue weighted by Gasteiger charge is -2.22. The highest BCUT2D eigenvalue weighted by Gasteiger charge is 2.19. The lowest BCUT2D eigenvalue weighted by molar-refractivity contribution is 0.285. The first-order valence-electron chi connectivity index (χ1n) is 16.7. The van der Waals surface area contributed by atoms with Crippen LogP contribution in [0.1, 0.15) is 116 Å². The molecule has 1 aliphatic rings. The summed E-state index contributed by atoms with van der Waals surface area (Å²) < 4.78 is 50.5. The average Bonchev–Trinajstić information content (AvgIpc) is 3.03. The van der Waals surface area contributed by atoms with Crippen LogP contribution in [0.5, 0.6) is 5.75 Å². The van der Waals surface area contributed by atoms with Crippen molar-refractivity contribution in [1.29, 1.82) is 0 Å². The van der Waals surface area contributed by atoms with Crippen molar-refractivity contribution in [3.63, 3.8) is 0 Å². The molecule has 0 aliphatic heterocycles. The number of benzene rings is 3. The summed E-state index contributed by atoms with van der Waals surface area (Å²) in [5.74, 6) is -1.41. The minimum absolute atomic E-state index is 0.0481. The first-order valence-corrected chi connectivity index (χ1v) is 16.7. The van der Waals surface area contributed by atoms with Crippen molar-refractivity contribution in [2.24, 2.45) is 5.92 Å². The van der Waals surface area contributed by atoms with Crippen molar-refractivity contribution in [3.8, 4) is 28.0 Å². The van der Waals surface area contributed by atoms with E-state index < -0.39 is 11.6 Å². The number of halogens is 3. The Hall–Kier alpha value is -3.01. The van der Waals surface area contributed by atoms with Gasteiger partial charge in [-0.05, 0) is 72.1 Å². The monoisotopic (exact) mass is 590 g/mol. The summed E-state index contributed by atoms with van der Waals surface area (Å²) in [5.41, 5.74) is 4.14. The van der Waals surface area contributed by atoms with Gasteiger partial charge in [0.05, 0.1) is 6.61 Å². The molecule has 0 amide bonds. The molecule has 1 nitrogen and oxygen atoms in total. The van der Waals surface area contributed by atoms with Crippen LogP contribution in [0.2, 0.25) is 0 Å². The van der Waals surface area contributed by atoms with Gasteiger partial charge in [-0.2, -0.15) is 4.39 Å². The van der Waals surface area contributed by atoms with E-state index >= 15 is 4.39 Å². The van der Waals surface area contributed by atoms with E-state index in [2.05, 4.69) is 19.9 Å². The molecule has 0 N–H and O–H groups in total. The predicted octanol–water partition coefficient (Wildman–Crippen LogP) is 12.7. The molecule has 0 heterocycles. The number of hydrogen-bond donors (Lipinski definition) is 0. The molecule has 1 atom stereocenters. The molecular formula is C39H49F3O. The Morgan fingerprint density at radius 1 is 0.651 bits per heavy atom. The van der Waals surface area contributed by atoms with Gasteiger partial charge in [0.1, 0.15) is 5.82 Å². The normalized spacial score (nSPS) is 15.0. The van der Waals surface area contributed by atoms with Gasteiger partial charge in [-0.25, -0.2) is 8.78 Å². The molecule has 0 saturated heterocycles. The second kappa shape index (κ2) is 17.3. The van der Waals surface area contributed by atoms with E-state index in [1.807, 2.05) is 24.3 Å². The van der Waals surface area contributed by atoms with Crippen molar-refractivity contribution in [3.05, 3.63) is 83.7 Å². The summed E-state index contributed by atoms with van der Waals surface area (Å²) in [5, 5.41) is 0. The fraction of sp³-hybridized carbons (Fsp3) is 0.487. The Bertz CT molecular complexity index is 1310. The highest BCUT2D eigenvalue weighted by atomic mass is 19.2. The predicted molar refractivity (Wildman–Crippen MR) is 175 cm³/mol. The first-order chi connectivity index (χ1) is 21.0. The highest BCUT2D eigenvalue weighted by Crippen LogP contribution is 2.36. The van der Waals surface area contributed by atoms with Gasteiger partial charge in [0.2, 0.25) is 5.82 Å².